The number of aromatic nitrogens is 1. The average Bonchev–Trinajstić information content (AvgIpc) is 2.59. The van der Waals surface area contributed by atoms with E-state index in [1.807, 2.05) is 6.92 Å². The van der Waals surface area contributed by atoms with Crippen LogP contribution in [0.2, 0.25) is 0 Å². The van der Waals surface area contributed by atoms with Crippen molar-refractivity contribution in [2.75, 3.05) is 19.0 Å². The molecule has 23 heavy (non-hydrogen) atoms. The summed E-state index contributed by atoms with van der Waals surface area (Å²) in [6.45, 7) is 2.56. The van der Waals surface area contributed by atoms with Gasteiger partial charge < -0.3 is 15.4 Å². The predicted molar refractivity (Wildman–Crippen MR) is 87.8 cm³/mol. The van der Waals surface area contributed by atoms with Gasteiger partial charge in [-0.05, 0) is 30.7 Å². The maximum absolute atomic E-state index is 12.3. The van der Waals surface area contributed by atoms with Crippen LogP contribution in [0.4, 0.5) is 5.69 Å². The van der Waals surface area contributed by atoms with E-state index in [4.69, 9.17) is 4.74 Å². The minimum Gasteiger partial charge on any atom is -0.497 e. The minimum absolute atomic E-state index is 0.178. The van der Waals surface area contributed by atoms with E-state index in [0.717, 1.165) is 6.42 Å². The third-order valence-corrected chi connectivity index (χ3v) is 3.12. The van der Waals surface area contributed by atoms with Crippen LogP contribution in [0.25, 0.3) is 0 Å². The van der Waals surface area contributed by atoms with Crippen LogP contribution in [0, 0.1) is 0 Å². The van der Waals surface area contributed by atoms with Crippen molar-refractivity contribution in [3.8, 4) is 5.75 Å². The number of hydrogen-bond donors (Lipinski definition) is 2. The van der Waals surface area contributed by atoms with Crippen molar-refractivity contribution in [1.29, 1.82) is 0 Å². The third kappa shape index (κ3) is 4.54. The Balaban J connectivity index is 2.11. The van der Waals surface area contributed by atoms with Gasteiger partial charge in [0, 0.05) is 30.1 Å². The number of ether oxygens (including phenoxy) is 1. The molecule has 0 unspecified atom stereocenters. The number of benzene rings is 1. The standard InChI is InChI=1S/C17H19N3O3/c1-3-8-19-16(21)12-7-9-18-15(10-12)17(22)20-13-5-4-6-14(11-13)23-2/h4-7,9-11H,3,8H2,1-2H3,(H,19,21)(H,20,22). The monoisotopic (exact) mass is 313 g/mol. The third-order valence-electron chi connectivity index (χ3n) is 3.12. The van der Waals surface area contributed by atoms with Crippen LogP contribution >= 0.6 is 0 Å². The molecule has 1 heterocycles. The van der Waals surface area contributed by atoms with E-state index in [9.17, 15) is 9.59 Å². The van der Waals surface area contributed by atoms with Crippen LogP contribution in [0.3, 0.4) is 0 Å². The average molecular weight is 313 g/mol. The van der Waals surface area contributed by atoms with E-state index in [1.165, 1.54) is 12.3 Å². The molecule has 120 valence electrons. The Morgan fingerprint density at radius 3 is 2.74 bits per heavy atom. The molecule has 0 spiro atoms. The Morgan fingerprint density at radius 1 is 1.17 bits per heavy atom. The summed E-state index contributed by atoms with van der Waals surface area (Å²) >= 11 is 0. The van der Waals surface area contributed by atoms with Crippen LogP contribution in [0.1, 0.15) is 34.2 Å². The summed E-state index contributed by atoms with van der Waals surface area (Å²) in [5.74, 6) is 0.0385. The number of nitrogens with zero attached hydrogens (tertiary/aromatic N) is 1. The predicted octanol–water partition coefficient (Wildman–Crippen LogP) is 2.48. The lowest BCUT2D eigenvalue weighted by molar-refractivity contribution is 0.0953. The molecule has 0 saturated carbocycles. The molecule has 0 bridgehead atoms. The molecular formula is C17H19N3O3. The highest BCUT2D eigenvalue weighted by Crippen LogP contribution is 2.17. The lowest BCUT2D eigenvalue weighted by atomic mass is 10.2. The summed E-state index contributed by atoms with van der Waals surface area (Å²) in [7, 11) is 1.56. The van der Waals surface area contributed by atoms with Gasteiger partial charge >= 0.3 is 0 Å². The Labute approximate surface area is 134 Å². The van der Waals surface area contributed by atoms with Crippen LogP contribution in [-0.2, 0) is 0 Å². The maximum Gasteiger partial charge on any atom is 0.274 e. The fourth-order valence-corrected chi connectivity index (χ4v) is 1.93. The normalized spacial score (nSPS) is 10.0. The molecule has 2 N–H and O–H groups in total. The Kier molecular flexibility index (Phi) is 5.68. The van der Waals surface area contributed by atoms with Crippen LogP contribution in [-0.4, -0.2) is 30.5 Å². The van der Waals surface area contributed by atoms with Gasteiger partial charge in [-0.15, -0.1) is 0 Å². The summed E-state index contributed by atoms with van der Waals surface area (Å²) in [4.78, 5) is 28.2. The van der Waals surface area contributed by atoms with Crippen molar-refractivity contribution in [2.24, 2.45) is 0 Å². The Bertz CT molecular complexity index is 701. The number of pyridine rings is 1. The molecule has 2 rings (SSSR count). The number of carbonyl (C=O) groups excluding carboxylic acids is 2. The van der Waals surface area contributed by atoms with Gasteiger partial charge in [0.05, 0.1) is 7.11 Å². The second-order valence-electron chi connectivity index (χ2n) is 4.87. The first-order valence-corrected chi connectivity index (χ1v) is 7.33. The maximum atomic E-state index is 12.3. The summed E-state index contributed by atoms with van der Waals surface area (Å²) in [5, 5.41) is 5.49. The van der Waals surface area contributed by atoms with Crippen molar-refractivity contribution in [2.45, 2.75) is 13.3 Å². The molecule has 6 heteroatoms. The zero-order valence-electron chi connectivity index (χ0n) is 13.1. The highest BCUT2D eigenvalue weighted by atomic mass is 16.5. The van der Waals surface area contributed by atoms with Gasteiger partial charge in [-0.2, -0.15) is 0 Å². The molecule has 2 amide bonds. The molecule has 1 aromatic heterocycles. The van der Waals surface area contributed by atoms with E-state index < -0.39 is 0 Å². The first-order valence-electron chi connectivity index (χ1n) is 7.33. The van der Waals surface area contributed by atoms with Gasteiger partial charge in [0.25, 0.3) is 11.8 Å². The van der Waals surface area contributed by atoms with E-state index in [0.29, 0.717) is 23.5 Å². The summed E-state index contributed by atoms with van der Waals surface area (Å²) in [6, 6.07) is 10.1. The lowest BCUT2D eigenvalue weighted by Gasteiger charge is -2.08. The highest BCUT2D eigenvalue weighted by Gasteiger charge is 2.12. The van der Waals surface area contributed by atoms with Gasteiger partial charge in [-0.1, -0.05) is 13.0 Å². The number of hydrogen-bond acceptors (Lipinski definition) is 4. The molecule has 0 aliphatic rings. The second-order valence-corrected chi connectivity index (χ2v) is 4.87. The number of carbonyl (C=O) groups is 2. The number of rotatable bonds is 6. The molecule has 0 aliphatic carbocycles. The van der Waals surface area contributed by atoms with Gasteiger partial charge in [-0.25, -0.2) is 0 Å². The van der Waals surface area contributed by atoms with Gasteiger partial charge in [0.1, 0.15) is 11.4 Å². The molecule has 0 aliphatic heterocycles. The lowest BCUT2D eigenvalue weighted by Crippen LogP contribution is -2.24. The minimum atomic E-state index is -0.386. The van der Waals surface area contributed by atoms with Crippen LogP contribution in [0.15, 0.2) is 42.6 Å². The van der Waals surface area contributed by atoms with Crippen molar-refractivity contribution in [3.05, 3.63) is 53.9 Å². The number of nitrogens with one attached hydrogen (secondary N) is 2. The first-order chi connectivity index (χ1) is 11.1. The van der Waals surface area contributed by atoms with Crippen LogP contribution in [0.5, 0.6) is 5.75 Å². The zero-order chi connectivity index (χ0) is 16.7. The largest absolute Gasteiger partial charge is 0.497 e. The van der Waals surface area contributed by atoms with Crippen molar-refractivity contribution in [3.63, 3.8) is 0 Å². The number of anilines is 1. The molecule has 0 saturated heterocycles. The fraction of sp³-hybridized carbons (Fsp3) is 0.235. The SMILES string of the molecule is CCCNC(=O)c1ccnc(C(=O)Nc2cccc(OC)c2)c1. The molecule has 2 aromatic rings. The quantitative estimate of drug-likeness (QED) is 0.858. The second kappa shape index (κ2) is 7.93. The topological polar surface area (TPSA) is 80.3 Å². The van der Waals surface area contributed by atoms with E-state index in [1.54, 1.807) is 37.4 Å². The van der Waals surface area contributed by atoms with Gasteiger partial charge in [0.2, 0.25) is 0 Å². The number of methoxy groups -OCH3 is 1. The summed E-state index contributed by atoms with van der Waals surface area (Å²) in [6.07, 6.45) is 2.29. The summed E-state index contributed by atoms with van der Waals surface area (Å²) < 4.78 is 5.11. The fourth-order valence-electron chi connectivity index (χ4n) is 1.93. The van der Waals surface area contributed by atoms with E-state index in [2.05, 4.69) is 15.6 Å². The molecule has 1 aromatic carbocycles. The van der Waals surface area contributed by atoms with E-state index in [-0.39, 0.29) is 17.5 Å². The molecule has 6 nitrogen and oxygen atoms in total. The molecular weight excluding hydrogens is 294 g/mol. The van der Waals surface area contributed by atoms with Crippen molar-refractivity contribution >= 4 is 17.5 Å². The van der Waals surface area contributed by atoms with Crippen molar-refractivity contribution < 1.29 is 14.3 Å². The smallest absolute Gasteiger partial charge is 0.274 e. The van der Waals surface area contributed by atoms with Gasteiger partial charge in [-0.3, -0.25) is 14.6 Å². The molecule has 0 fully saturated rings. The Hall–Kier alpha value is -2.89. The molecule has 0 atom stereocenters. The van der Waals surface area contributed by atoms with Gasteiger partial charge in [0.15, 0.2) is 0 Å². The highest BCUT2D eigenvalue weighted by molar-refractivity contribution is 6.04. The first kappa shape index (κ1) is 16.5. The summed E-state index contributed by atoms with van der Waals surface area (Å²) in [5.41, 5.74) is 1.18. The molecule has 0 radical (unpaired) electrons. The number of amides is 2. The van der Waals surface area contributed by atoms with Crippen molar-refractivity contribution in [1.82, 2.24) is 10.3 Å². The van der Waals surface area contributed by atoms with E-state index >= 15 is 0 Å². The zero-order valence-corrected chi connectivity index (χ0v) is 13.1. The van der Waals surface area contributed by atoms with Crippen LogP contribution < -0.4 is 15.4 Å². The Morgan fingerprint density at radius 2 is 2.00 bits per heavy atom.